The average Bonchev–Trinajstić information content (AvgIpc) is 3.13. The summed E-state index contributed by atoms with van der Waals surface area (Å²) in [7, 11) is -5.03. The number of hydrogen-bond donors (Lipinski definition) is 1. The van der Waals surface area contributed by atoms with Gasteiger partial charge < -0.3 is 14.3 Å². The summed E-state index contributed by atoms with van der Waals surface area (Å²) in [6.45, 7) is 12.7. The Hall–Kier alpha value is -0.943. The lowest BCUT2D eigenvalue weighted by Crippen LogP contribution is -2.41. The van der Waals surface area contributed by atoms with Gasteiger partial charge in [0.1, 0.15) is 6.10 Å². The van der Waals surface area contributed by atoms with E-state index in [1.807, 2.05) is 0 Å². The Kier molecular flexibility index (Phi) is 6.79. The van der Waals surface area contributed by atoms with Crippen LogP contribution in [-0.2, 0) is 27.6 Å². The molecule has 0 radical (unpaired) electrons. The number of aliphatic hydroxyl groups excluding tert-OH is 1. The van der Waals surface area contributed by atoms with Gasteiger partial charge >= 0.3 is 0 Å². The Labute approximate surface area is 163 Å². The van der Waals surface area contributed by atoms with Crippen LogP contribution >= 0.6 is 0 Å². The molecule has 0 saturated carbocycles. The zero-order valence-electron chi connectivity index (χ0n) is 17.2. The Morgan fingerprint density at radius 1 is 1.37 bits per heavy atom. The average molecular weight is 420 g/mol. The van der Waals surface area contributed by atoms with Gasteiger partial charge in [0.2, 0.25) is 15.9 Å². The molecule has 1 aromatic rings. The maximum Gasteiger partial charge on any atom is 0.233 e. The molecule has 10 heteroatoms. The first-order chi connectivity index (χ1) is 12.3. The second-order valence-corrected chi connectivity index (χ2v) is 15.4. The largest absolute Gasteiger partial charge is 0.472 e. The SMILES string of the molecule is CC(C)(C)[Si](C)(C)OCCn1nc(OC2CCN(S(C)(=O)=O)C2)cc1CO. The van der Waals surface area contributed by atoms with Gasteiger partial charge in [-0.1, -0.05) is 20.8 Å². The normalized spacial score (nSPS) is 19.6. The van der Waals surface area contributed by atoms with E-state index in [4.69, 9.17) is 9.16 Å². The Bertz CT molecular complexity index is 742. The van der Waals surface area contributed by atoms with Crippen molar-refractivity contribution in [2.45, 2.75) is 64.6 Å². The molecule has 8 nitrogen and oxygen atoms in total. The van der Waals surface area contributed by atoms with Gasteiger partial charge in [-0.2, -0.15) is 4.31 Å². The monoisotopic (exact) mass is 419 g/mol. The lowest BCUT2D eigenvalue weighted by Gasteiger charge is -2.36. The number of hydrogen-bond acceptors (Lipinski definition) is 6. The second kappa shape index (κ2) is 8.20. The van der Waals surface area contributed by atoms with Crippen LogP contribution in [0.2, 0.25) is 18.1 Å². The van der Waals surface area contributed by atoms with Crippen LogP contribution in [-0.4, -0.2) is 68.0 Å². The summed E-state index contributed by atoms with van der Waals surface area (Å²) in [5.41, 5.74) is 0.654. The van der Waals surface area contributed by atoms with E-state index in [1.165, 1.54) is 10.6 Å². The van der Waals surface area contributed by atoms with Crippen molar-refractivity contribution in [3.63, 3.8) is 0 Å². The summed E-state index contributed by atoms with van der Waals surface area (Å²) in [4.78, 5) is 0. The molecule has 0 aliphatic carbocycles. The highest BCUT2D eigenvalue weighted by atomic mass is 32.2. The third-order valence-electron chi connectivity index (χ3n) is 5.44. The van der Waals surface area contributed by atoms with Gasteiger partial charge in [-0.15, -0.1) is 5.10 Å². The standard InChI is InChI=1S/C17H33N3O5SSi/c1-17(2,3)27(5,6)24-10-9-20-14(13-21)11-16(18-20)25-15-7-8-19(12-15)26(4,22)23/h11,15,21H,7-10,12-13H2,1-6H3. The van der Waals surface area contributed by atoms with E-state index in [0.29, 0.717) is 44.2 Å². The summed E-state index contributed by atoms with van der Waals surface area (Å²) in [6.07, 6.45) is 1.61. The van der Waals surface area contributed by atoms with Gasteiger partial charge in [0.25, 0.3) is 0 Å². The fourth-order valence-corrected chi connectivity index (χ4v) is 4.59. The number of rotatable bonds is 8. The van der Waals surface area contributed by atoms with Crippen molar-refractivity contribution in [1.29, 1.82) is 0 Å². The molecule has 27 heavy (non-hydrogen) atoms. The molecule has 0 amide bonds. The zero-order valence-corrected chi connectivity index (χ0v) is 19.0. The Morgan fingerprint density at radius 3 is 2.56 bits per heavy atom. The number of sulfonamides is 1. The Balaban J connectivity index is 1.95. The van der Waals surface area contributed by atoms with Gasteiger partial charge in [0.15, 0.2) is 8.32 Å². The highest BCUT2D eigenvalue weighted by Crippen LogP contribution is 2.36. The van der Waals surface area contributed by atoms with Crippen LogP contribution in [0.3, 0.4) is 0 Å². The van der Waals surface area contributed by atoms with Gasteiger partial charge in [0.05, 0.1) is 38.3 Å². The highest BCUT2D eigenvalue weighted by Gasteiger charge is 2.37. The summed E-state index contributed by atoms with van der Waals surface area (Å²) < 4.78 is 38.4. The van der Waals surface area contributed by atoms with Crippen molar-refractivity contribution in [3.05, 3.63) is 11.8 Å². The molecular weight excluding hydrogens is 386 g/mol. The summed E-state index contributed by atoms with van der Waals surface area (Å²) in [6, 6.07) is 1.70. The fraction of sp³-hybridized carbons (Fsp3) is 0.824. The molecule has 1 aliphatic rings. The van der Waals surface area contributed by atoms with Crippen molar-refractivity contribution >= 4 is 18.3 Å². The van der Waals surface area contributed by atoms with Crippen molar-refractivity contribution in [3.8, 4) is 5.88 Å². The maximum absolute atomic E-state index is 11.6. The maximum atomic E-state index is 11.6. The molecule has 0 spiro atoms. The third-order valence-corrected chi connectivity index (χ3v) is 11.2. The lowest BCUT2D eigenvalue weighted by molar-refractivity contribution is 0.202. The fourth-order valence-electron chi connectivity index (χ4n) is 2.68. The van der Waals surface area contributed by atoms with Crippen molar-refractivity contribution < 1.29 is 22.7 Å². The molecule has 1 atom stereocenters. The molecule has 1 fully saturated rings. The minimum absolute atomic E-state index is 0.138. The van der Waals surface area contributed by atoms with E-state index in [0.717, 1.165) is 0 Å². The predicted octanol–water partition coefficient (Wildman–Crippen LogP) is 1.81. The van der Waals surface area contributed by atoms with Gasteiger partial charge in [0, 0.05) is 12.6 Å². The first kappa shape index (κ1) is 22.3. The van der Waals surface area contributed by atoms with Crippen molar-refractivity contribution in [2.24, 2.45) is 0 Å². The quantitative estimate of drug-likeness (QED) is 0.646. The van der Waals surface area contributed by atoms with Crippen LogP contribution < -0.4 is 4.74 Å². The topological polar surface area (TPSA) is 93.9 Å². The number of nitrogens with zero attached hydrogens (tertiary/aromatic N) is 3. The Morgan fingerprint density at radius 2 is 2.04 bits per heavy atom. The molecule has 0 aromatic carbocycles. The molecule has 1 saturated heterocycles. The molecule has 1 aliphatic heterocycles. The van der Waals surface area contributed by atoms with Crippen LogP contribution in [0.5, 0.6) is 5.88 Å². The van der Waals surface area contributed by atoms with Crippen LogP contribution in [0.4, 0.5) is 0 Å². The van der Waals surface area contributed by atoms with E-state index < -0.39 is 18.3 Å². The van der Waals surface area contributed by atoms with Crippen LogP contribution in [0.1, 0.15) is 32.9 Å². The summed E-state index contributed by atoms with van der Waals surface area (Å²) in [5.74, 6) is 0.409. The molecule has 1 aromatic heterocycles. The molecule has 2 heterocycles. The number of aliphatic hydroxyl groups is 1. The molecule has 1 unspecified atom stereocenters. The first-order valence-electron chi connectivity index (χ1n) is 9.27. The van der Waals surface area contributed by atoms with E-state index in [-0.39, 0.29) is 17.7 Å². The van der Waals surface area contributed by atoms with Crippen molar-refractivity contribution in [2.75, 3.05) is 26.0 Å². The first-order valence-corrected chi connectivity index (χ1v) is 14.0. The smallest absolute Gasteiger partial charge is 0.233 e. The summed E-state index contributed by atoms with van der Waals surface area (Å²) in [5, 5.41) is 14.1. The molecular formula is C17H33N3O5SSi. The second-order valence-electron chi connectivity index (χ2n) is 8.61. The van der Waals surface area contributed by atoms with Gasteiger partial charge in [-0.05, 0) is 24.6 Å². The minimum atomic E-state index is -3.20. The molecule has 156 valence electrons. The molecule has 0 bridgehead atoms. The third kappa shape index (κ3) is 5.77. The lowest BCUT2D eigenvalue weighted by atomic mass is 10.2. The molecule has 2 rings (SSSR count). The van der Waals surface area contributed by atoms with E-state index in [9.17, 15) is 13.5 Å². The highest BCUT2D eigenvalue weighted by molar-refractivity contribution is 7.88. The van der Waals surface area contributed by atoms with E-state index in [2.05, 4.69) is 39.0 Å². The van der Waals surface area contributed by atoms with Crippen molar-refractivity contribution in [1.82, 2.24) is 14.1 Å². The van der Waals surface area contributed by atoms with Crippen LogP contribution in [0.25, 0.3) is 0 Å². The van der Waals surface area contributed by atoms with E-state index >= 15 is 0 Å². The van der Waals surface area contributed by atoms with Crippen LogP contribution in [0.15, 0.2) is 6.07 Å². The predicted molar refractivity (Wildman–Crippen MR) is 107 cm³/mol. The molecule has 1 N–H and O–H groups in total. The number of ether oxygens (including phenoxy) is 1. The minimum Gasteiger partial charge on any atom is -0.472 e. The van der Waals surface area contributed by atoms with E-state index in [1.54, 1.807) is 10.7 Å². The summed E-state index contributed by atoms with van der Waals surface area (Å²) >= 11 is 0. The zero-order chi connectivity index (χ0) is 20.5. The van der Waals surface area contributed by atoms with Gasteiger partial charge in [-0.3, -0.25) is 4.68 Å². The van der Waals surface area contributed by atoms with Gasteiger partial charge in [-0.25, -0.2) is 8.42 Å². The van der Waals surface area contributed by atoms with Crippen LogP contribution in [0, 0.1) is 0 Å². The number of aromatic nitrogens is 2.